The lowest BCUT2D eigenvalue weighted by atomic mass is 10.2. The Kier molecular flexibility index (Phi) is 3.10. The highest BCUT2D eigenvalue weighted by Gasteiger charge is 2.16. The van der Waals surface area contributed by atoms with E-state index in [0.29, 0.717) is 16.7 Å². The Hall–Kier alpha value is -2.81. The molecular formula is C12H10N6O2S. The quantitative estimate of drug-likeness (QED) is 0.733. The van der Waals surface area contributed by atoms with E-state index in [-0.39, 0.29) is 10.8 Å². The second kappa shape index (κ2) is 4.94. The van der Waals surface area contributed by atoms with Gasteiger partial charge in [0.05, 0.1) is 22.8 Å². The molecule has 8 nitrogen and oxygen atoms in total. The zero-order valence-corrected chi connectivity index (χ0v) is 11.4. The van der Waals surface area contributed by atoms with Crippen LogP contribution >= 0.6 is 0 Å². The molecule has 0 saturated carbocycles. The normalized spacial score (nSPS) is 11.4. The van der Waals surface area contributed by atoms with Crippen LogP contribution in [0.4, 0.5) is 11.8 Å². The van der Waals surface area contributed by atoms with Crippen molar-refractivity contribution in [3.8, 4) is 0 Å². The summed E-state index contributed by atoms with van der Waals surface area (Å²) in [6.07, 6.45) is 2.70. The number of nitrogens with one attached hydrogen (secondary N) is 1. The number of nitrogens with two attached hydrogens (primary N) is 1. The molecule has 0 aliphatic carbocycles. The van der Waals surface area contributed by atoms with Crippen molar-refractivity contribution >= 4 is 32.7 Å². The average molecular weight is 302 g/mol. The first kappa shape index (κ1) is 13.2. The van der Waals surface area contributed by atoms with Crippen molar-refractivity contribution in [2.24, 2.45) is 0 Å². The minimum atomic E-state index is -3.79. The van der Waals surface area contributed by atoms with Crippen LogP contribution in [0.25, 0.3) is 10.9 Å². The highest BCUT2D eigenvalue weighted by Crippen LogP contribution is 2.20. The average Bonchev–Trinajstić information content (AvgIpc) is 2.47. The third kappa shape index (κ3) is 2.72. The number of hydrogen-bond acceptors (Lipinski definition) is 7. The molecule has 0 aliphatic heterocycles. The third-order valence-corrected chi connectivity index (χ3v) is 4.03. The van der Waals surface area contributed by atoms with Gasteiger partial charge in [0.1, 0.15) is 5.82 Å². The summed E-state index contributed by atoms with van der Waals surface area (Å²) in [5, 5.41) is 7.81. The first-order valence-corrected chi connectivity index (χ1v) is 7.36. The molecular weight excluding hydrogens is 292 g/mol. The van der Waals surface area contributed by atoms with Crippen LogP contribution in [0, 0.1) is 0 Å². The maximum absolute atomic E-state index is 12.2. The Bertz CT molecular complexity index is 898. The van der Waals surface area contributed by atoms with E-state index in [0.717, 1.165) is 0 Å². The molecule has 21 heavy (non-hydrogen) atoms. The summed E-state index contributed by atoms with van der Waals surface area (Å²) in [5.74, 6) is 0.285. The summed E-state index contributed by atoms with van der Waals surface area (Å²) < 4.78 is 26.7. The fourth-order valence-corrected chi connectivity index (χ4v) is 2.74. The molecule has 3 aromatic rings. The van der Waals surface area contributed by atoms with E-state index in [1.54, 1.807) is 18.2 Å². The van der Waals surface area contributed by atoms with Gasteiger partial charge in [0.25, 0.3) is 16.0 Å². The molecule has 0 fully saturated rings. The van der Waals surface area contributed by atoms with E-state index in [2.05, 4.69) is 24.9 Å². The Labute approximate surface area is 120 Å². The molecule has 0 saturated heterocycles. The largest absolute Gasteiger partial charge is 0.384 e. The molecule has 2 heterocycles. The SMILES string of the molecule is Nc1ccc2cc(S(=O)(=O)Nc3nccnn3)ccc2n1. The Morgan fingerprint density at radius 2 is 1.95 bits per heavy atom. The van der Waals surface area contributed by atoms with Gasteiger partial charge in [-0.25, -0.2) is 23.1 Å². The van der Waals surface area contributed by atoms with Gasteiger partial charge in [-0.1, -0.05) is 0 Å². The second-order valence-electron chi connectivity index (χ2n) is 4.16. The van der Waals surface area contributed by atoms with Crippen LogP contribution in [-0.2, 0) is 10.0 Å². The van der Waals surface area contributed by atoms with Gasteiger partial charge in [-0.2, -0.15) is 5.10 Å². The van der Waals surface area contributed by atoms with Gasteiger partial charge in [-0.3, -0.25) is 0 Å². The van der Waals surface area contributed by atoms with Crippen LogP contribution in [-0.4, -0.2) is 28.6 Å². The molecule has 0 spiro atoms. The third-order valence-electron chi connectivity index (χ3n) is 2.70. The molecule has 0 atom stereocenters. The maximum Gasteiger partial charge on any atom is 0.264 e. The number of benzene rings is 1. The van der Waals surface area contributed by atoms with E-state index in [4.69, 9.17) is 5.73 Å². The number of nitrogens with zero attached hydrogens (tertiary/aromatic N) is 4. The first-order chi connectivity index (χ1) is 10.0. The van der Waals surface area contributed by atoms with Crippen molar-refractivity contribution in [2.45, 2.75) is 4.90 Å². The van der Waals surface area contributed by atoms with Crippen LogP contribution in [0.15, 0.2) is 47.6 Å². The molecule has 0 unspecified atom stereocenters. The summed E-state index contributed by atoms with van der Waals surface area (Å²) in [7, 11) is -3.79. The van der Waals surface area contributed by atoms with Crippen molar-refractivity contribution in [1.82, 2.24) is 20.2 Å². The standard InChI is InChI=1S/C12H10N6O2S/c13-11-4-1-8-7-9(2-3-10(8)16-11)21(19,20)18-12-14-5-6-15-17-12/h1-7H,(H2,13,16)(H,14,17,18). The lowest BCUT2D eigenvalue weighted by Gasteiger charge is -2.07. The van der Waals surface area contributed by atoms with E-state index in [1.807, 2.05) is 0 Å². The van der Waals surface area contributed by atoms with E-state index >= 15 is 0 Å². The van der Waals surface area contributed by atoms with Crippen LogP contribution in [0.5, 0.6) is 0 Å². The Morgan fingerprint density at radius 1 is 1.10 bits per heavy atom. The van der Waals surface area contributed by atoms with Gasteiger partial charge in [0.2, 0.25) is 0 Å². The molecule has 3 N–H and O–H groups in total. The number of anilines is 2. The van der Waals surface area contributed by atoms with Crippen molar-refractivity contribution < 1.29 is 8.42 Å². The summed E-state index contributed by atoms with van der Waals surface area (Å²) in [4.78, 5) is 7.96. The lowest BCUT2D eigenvalue weighted by molar-refractivity contribution is 0.600. The summed E-state index contributed by atoms with van der Waals surface area (Å²) in [5.41, 5.74) is 6.20. The molecule has 2 aromatic heterocycles. The van der Waals surface area contributed by atoms with Gasteiger partial charge < -0.3 is 5.73 Å². The van der Waals surface area contributed by atoms with E-state index in [9.17, 15) is 8.42 Å². The van der Waals surface area contributed by atoms with Gasteiger partial charge in [-0.15, -0.1) is 5.10 Å². The fourth-order valence-electron chi connectivity index (χ4n) is 1.76. The number of pyridine rings is 1. The first-order valence-electron chi connectivity index (χ1n) is 5.87. The summed E-state index contributed by atoms with van der Waals surface area (Å²) in [6.45, 7) is 0. The molecule has 0 radical (unpaired) electrons. The molecule has 0 bridgehead atoms. The topological polar surface area (TPSA) is 124 Å². The smallest absolute Gasteiger partial charge is 0.264 e. The van der Waals surface area contributed by atoms with Crippen LogP contribution < -0.4 is 10.5 Å². The van der Waals surface area contributed by atoms with E-state index < -0.39 is 10.0 Å². The predicted molar refractivity (Wildman–Crippen MR) is 76.8 cm³/mol. The Balaban J connectivity index is 2.01. The fraction of sp³-hybridized carbons (Fsp3) is 0. The van der Waals surface area contributed by atoms with Crippen molar-refractivity contribution in [3.05, 3.63) is 42.7 Å². The molecule has 9 heteroatoms. The number of rotatable bonds is 3. The highest BCUT2D eigenvalue weighted by atomic mass is 32.2. The van der Waals surface area contributed by atoms with Crippen molar-refractivity contribution in [3.63, 3.8) is 0 Å². The minimum Gasteiger partial charge on any atom is -0.384 e. The number of sulfonamides is 1. The van der Waals surface area contributed by atoms with E-state index in [1.165, 1.54) is 24.5 Å². The predicted octanol–water partition coefficient (Wildman–Crippen LogP) is 0.803. The van der Waals surface area contributed by atoms with Crippen molar-refractivity contribution in [1.29, 1.82) is 0 Å². The minimum absolute atomic E-state index is 0.0778. The van der Waals surface area contributed by atoms with Gasteiger partial charge in [0, 0.05) is 5.39 Å². The van der Waals surface area contributed by atoms with Crippen molar-refractivity contribution in [2.75, 3.05) is 10.5 Å². The van der Waals surface area contributed by atoms with Crippen LogP contribution in [0.3, 0.4) is 0 Å². The van der Waals surface area contributed by atoms with Crippen LogP contribution in [0.2, 0.25) is 0 Å². The zero-order chi connectivity index (χ0) is 14.9. The van der Waals surface area contributed by atoms with Gasteiger partial charge >= 0.3 is 0 Å². The zero-order valence-electron chi connectivity index (χ0n) is 10.6. The number of aromatic nitrogens is 4. The number of hydrogen-bond donors (Lipinski definition) is 2. The summed E-state index contributed by atoms with van der Waals surface area (Å²) >= 11 is 0. The maximum atomic E-state index is 12.2. The highest BCUT2D eigenvalue weighted by molar-refractivity contribution is 7.92. The molecule has 0 amide bonds. The molecule has 106 valence electrons. The molecule has 0 aliphatic rings. The number of fused-ring (bicyclic) bond motifs is 1. The second-order valence-corrected chi connectivity index (χ2v) is 5.84. The summed E-state index contributed by atoms with van der Waals surface area (Å²) in [6, 6.07) is 7.84. The lowest BCUT2D eigenvalue weighted by Crippen LogP contribution is -2.15. The van der Waals surface area contributed by atoms with Gasteiger partial charge in [0.15, 0.2) is 0 Å². The van der Waals surface area contributed by atoms with Gasteiger partial charge in [-0.05, 0) is 30.3 Å². The monoisotopic (exact) mass is 302 g/mol. The molecule has 1 aromatic carbocycles. The number of nitrogen functional groups attached to an aromatic ring is 1. The Morgan fingerprint density at radius 3 is 2.71 bits per heavy atom. The van der Waals surface area contributed by atoms with Crippen LogP contribution in [0.1, 0.15) is 0 Å². The molecule has 3 rings (SSSR count).